The summed E-state index contributed by atoms with van der Waals surface area (Å²) in [6.07, 6.45) is 12.6. The number of unbranched alkanes of at least 4 members (excludes halogenated alkanes) is 5. The van der Waals surface area contributed by atoms with E-state index in [2.05, 4.69) is 15.0 Å². The van der Waals surface area contributed by atoms with Gasteiger partial charge >= 0.3 is 11.9 Å². The Bertz CT molecular complexity index is 1280. The Labute approximate surface area is 305 Å². The van der Waals surface area contributed by atoms with Gasteiger partial charge < -0.3 is 29.6 Å². The average molecular weight is 734 g/mol. The van der Waals surface area contributed by atoms with E-state index in [4.69, 9.17) is 9.47 Å². The summed E-state index contributed by atoms with van der Waals surface area (Å²) in [6, 6.07) is 9.78. The number of allylic oxidation sites excluding steroid dienone is 2. The quantitative estimate of drug-likeness (QED) is 0.0345. The first-order valence-electron chi connectivity index (χ1n) is 18.3. The summed E-state index contributed by atoms with van der Waals surface area (Å²) in [5.74, 6) is -1.47. The predicted molar refractivity (Wildman–Crippen MR) is 190 cm³/mol. The molecule has 1 unspecified atom stereocenters. The van der Waals surface area contributed by atoms with Gasteiger partial charge in [-0.15, -0.1) is 20.2 Å². The van der Waals surface area contributed by atoms with E-state index >= 15 is 0 Å². The van der Waals surface area contributed by atoms with Crippen molar-refractivity contribution in [3.63, 3.8) is 0 Å². The molecule has 1 aromatic rings. The van der Waals surface area contributed by atoms with Crippen LogP contribution in [0.4, 0.5) is 0 Å². The SMILES string of the molecule is CCNC(=O)CCCC=CC[C@@H]1[C@@H](C=CC(CCc2ccccc2)OC(=O)CCCCCO[N+](=O)[O-])[C@H](OC(=O)CCCCCO[N+](=O)[O-])C[C@@H]1O. The van der Waals surface area contributed by atoms with Crippen molar-refractivity contribution in [2.24, 2.45) is 11.8 Å². The molecule has 2 N–H and O–H groups in total. The second-order valence-corrected chi connectivity index (χ2v) is 12.8. The van der Waals surface area contributed by atoms with Gasteiger partial charge in [0.15, 0.2) is 0 Å². The van der Waals surface area contributed by atoms with Gasteiger partial charge in [0.1, 0.15) is 12.2 Å². The third kappa shape index (κ3) is 19.8. The molecular weight excluding hydrogens is 678 g/mol. The standard InChI is InChI=1S/C37H55N3O12/c1-2-38-35(42)19-11-4-3-10-18-31-32(34(28-33(31)41)52-37(44)21-13-7-15-27-50-40(47)48)25-24-30(23-22-29-16-8-5-9-17-29)51-36(43)20-12-6-14-26-49-39(45)46/h3,5,8-10,16-17,24-25,30-34,41H,2,4,6-7,11-15,18-23,26-28H2,1H3,(H,38,42)/t30?,31-,32-,33+,34-/m1/s1. The molecule has 0 radical (unpaired) electrons. The van der Waals surface area contributed by atoms with Crippen molar-refractivity contribution < 1.29 is 48.8 Å². The fourth-order valence-electron chi connectivity index (χ4n) is 6.08. The summed E-state index contributed by atoms with van der Waals surface area (Å²) in [5.41, 5.74) is 1.07. The molecule has 1 amide bonds. The number of carbonyl (C=O) groups is 3. The highest BCUT2D eigenvalue weighted by Crippen LogP contribution is 2.38. The highest BCUT2D eigenvalue weighted by atomic mass is 17.0. The molecular formula is C37H55N3O12. The van der Waals surface area contributed by atoms with Crippen molar-refractivity contribution in [1.82, 2.24) is 5.32 Å². The van der Waals surface area contributed by atoms with E-state index < -0.39 is 40.4 Å². The summed E-state index contributed by atoms with van der Waals surface area (Å²) in [7, 11) is 0. The van der Waals surface area contributed by atoms with Crippen LogP contribution in [0.15, 0.2) is 54.6 Å². The molecule has 0 spiro atoms. The van der Waals surface area contributed by atoms with Crippen LogP contribution in [0.2, 0.25) is 0 Å². The molecule has 5 atom stereocenters. The van der Waals surface area contributed by atoms with Gasteiger partial charge in [0.2, 0.25) is 5.91 Å². The van der Waals surface area contributed by atoms with Crippen molar-refractivity contribution in [2.45, 2.75) is 122 Å². The summed E-state index contributed by atoms with van der Waals surface area (Å²) in [6.45, 7) is 2.38. The van der Waals surface area contributed by atoms with Crippen LogP contribution in [0.25, 0.3) is 0 Å². The molecule has 2 rings (SSSR count). The number of aliphatic hydroxyl groups excluding tert-OH is 1. The Balaban J connectivity index is 2.12. The lowest BCUT2D eigenvalue weighted by molar-refractivity contribution is -0.757. The van der Waals surface area contributed by atoms with Crippen LogP contribution in [0.5, 0.6) is 0 Å². The lowest BCUT2D eigenvalue weighted by Crippen LogP contribution is -2.25. The first kappa shape index (κ1) is 43.6. The number of hydrogen-bond acceptors (Lipinski definition) is 12. The molecule has 1 aliphatic carbocycles. The monoisotopic (exact) mass is 733 g/mol. The van der Waals surface area contributed by atoms with Crippen LogP contribution in [0.3, 0.4) is 0 Å². The highest BCUT2D eigenvalue weighted by molar-refractivity contribution is 5.75. The number of carbonyl (C=O) groups excluding carboxylic acids is 3. The first-order chi connectivity index (χ1) is 25.1. The Morgan fingerprint density at radius 2 is 1.56 bits per heavy atom. The number of nitrogens with one attached hydrogen (secondary N) is 1. The van der Waals surface area contributed by atoms with Crippen LogP contribution >= 0.6 is 0 Å². The Morgan fingerprint density at radius 3 is 2.19 bits per heavy atom. The number of aryl methyl sites for hydroxylation is 1. The zero-order chi connectivity index (χ0) is 38.0. The molecule has 0 aromatic heterocycles. The maximum Gasteiger partial charge on any atom is 0.306 e. The number of hydrogen-bond donors (Lipinski definition) is 2. The molecule has 15 nitrogen and oxygen atoms in total. The van der Waals surface area contributed by atoms with Crippen molar-refractivity contribution in [2.75, 3.05) is 19.8 Å². The minimum absolute atomic E-state index is 0.00619. The Hall–Kier alpha value is -4.53. The predicted octanol–water partition coefficient (Wildman–Crippen LogP) is 5.79. The minimum Gasteiger partial charge on any atom is -0.462 e. The van der Waals surface area contributed by atoms with Crippen LogP contribution in [0, 0.1) is 32.1 Å². The van der Waals surface area contributed by atoms with E-state index in [1.807, 2.05) is 61.6 Å². The van der Waals surface area contributed by atoms with Crippen LogP contribution < -0.4 is 5.32 Å². The van der Waals surface area contributed by atoms with Gasteiger partial charge in [0.25, 0.3) is 10.2 Å². The third-order valence-electron chi connectivity index (χ3n) is 8.73. The minimum atomic E-state index is -0.848. The van der Waals surface area contributed by atoms with Gasteiger partial charge in [-0.25, -0.2) is 0 Å². The van der Waals surface area contributed by atoms with E-state index in [0.717, 1.165) is 5.56 Å². The number of aliphatic hydroxyl groups is 1. The van der Waals surface area contributed by atoms with Gasteiger partial charge in [0.05, 0.1) is 19.3 Å². The second kappa shape index (κ2) is 26.3. The van der Waals surface area contributed by atoms with E-state index in [1.54, 1.807) is 0 Å². The third-order valence-corrected chi connectivity index (χ3v) is 8.73. The summed E-state index contributed by atoms with van der Waals surface area (Å²) >= 11 is 0. The Kier molecular flexibility index (Phi) is 22.0. The number of ether oxygens (including phenoxy) is 2. The zero-order valence-corrected chi connectivity index (χ0v) is 30.1. The summed E-state index contributed by atoms with van der Waals surface area (Å²) in [5, 5.41) is 32.9. The number of nitrogens with zero attached hydrogens (tertiary/aromatic N) is 2. The summed E-state index contributed by atoms with van der Waals surface area (Å²) in [4.78, 5) is 66.8. The van der Waals surface area contributed by atoms with Crippen LogP contribution in [-0.2, 0) is 40.0 Å². The highest BCUT2D eigenvalue weighted by Gasteiger charge is 2.42. The lowest BCUT2D eigenvalue weighted by Gasteiger charge is -2.23. The molecule has 52 heavy (non-hydrogen) atoms. The number of rotatable bonds is 28. The van der Waals surface area contributed by atoms with E-state index in [-0.39, 0.29) is 50.2 Å². The molecule has 1 saturated carbocycles. The van der Waals surface area contributed by atoms with Crippen molar-refractivity contribution in [1.29, 1.82) is 0 Å². The molecule has 15 heteroatoms. The molecule has 0 saturated heterocycles. The maximum absolute atomic E-state index is 12.9. The molecule has 290 valence electrons. The number of esters is 2. The zero-order valence-electron chi connectivity index (χ0n) is 30.1. The van der Waals surface area contributed by atoms with Gasteiger partial charge in [0, 0.05) is 38.1 Å². The fraction of sp³-hybridized carbons (Fsp3) is 0.649. The van der Waals surface area contributed by atoms with Crippen LogP contribution in [0.1, 0.15) is 102 Å². The number of amides is 1. The largest absolute Gasteiger partial charge is 0.462 e. The smallest absolute Gasteiger partial charge is 0.306 e. The maximum atomic E-state index is 12.9. The van der Waals surface area contributed by atoms with Gasteiger partial charge in [-0.2, -0.15) is 0 Å². The Morgan fingerprint density at radius 1 is 0.904 bits per heavy atom. The van der Waals surface area contributed by atoms with Crippen LogP contribution in [-0.4, -0.2) is 71.2 Å². The van der Waals surface area contributed by atoms with Gasteiger partial charge in [-0.05, 0) is 82.3 Å². The second-order valence-electron chi connectivity index (χ2n) is 12.8. The number of benzene rings is 1. The topological polar surface area (TPSA) is 207 Å². The fourth-order valence-corrected chi connectivity index (χ4v) is 6.08. The van der Waals surface area contributed by atoms with Crippen molar-refractivity contribution >= 4 is 17.8 Å². The first-order valence-corrected chi connectivity index (χ1v) is 18.3. The molecule has 0 aliphatic heterocycles. The average Bonchev–Trinajstić information content (AvgIpc) is 3.39. The van der Waals surface area contributed by atoms with E-state index in [1.165, 1.54) is 0 Å². The van der Waals surface area contributed by atoms with E-state index in [0.29, 0.717) is 83.6 Å². The van der Waals surface area contributed by atoms with Crippen molar-refractivity contribution in [3.8, 4) is 0 Å². The molecule has 0 bridgehead atoms. The van der Waals surface area contributed by atoms with Gasteiger partial charge in [-0.3, -0.25) is 14.4 Å². The molecule has 1 aromatic carbocycles. The molecule has 1 aliphatic rings. The molecule has 1 fully saturated rings. The lowest BCUT2D eigenvalue weighted by atomic mass is 9.89. The normalized spacial score (nSPS) is 19.0. The molecule has 0 heterocycles. The summed E-state index contributed by atoms with van der Waals surface area (Å²) < 4.78 is 11.8. The van der Waals surface area contributed by atoms with E-state index in [9.17, 15) is 39.7 Å². The van der Waals surface area contributed by atoms with Gasteiger partial charge in [-0.1, -0.05) is 61.4 Å². The van der Waals surface area contributed by atoms with Crippen molar-refractivity contribution in [3.05, 3.63) is 80.4 Å².